The zero-order chi connectivity index (χ0) is 22.3. The number of nitrogens with one attached hydrogen (secondary N) is 1. The van der Waals surface area contributed by atoms with E-state index in [2.05, 4.69) is 33.6 Å². The van der Waals surface area contributed by atoms with Crippen molar-refractivity contribution in [3.63, 3.8) is 0 Å². The summed E-state index contributed by atoms with van der Waals surface area (Å²) in [4.78, 5) is 29.1. The Balaban J connectivity index is 1.46. The molecule has 2 aromatic rings. The first-order chi connectivity index (χ1) is 15.7. The molecule has 32 heavy (non-hydrogen) atoms. The third-order valence-electron chi connectivity index (χ3n) is 6.37. The number of benzene rings is 1. The minimum Gasteiger partial charge on any atom is -0.343 e. The lowest BCUT2D eigenvalue weighted by Crippen LogP contribution is -2.37. The molecule has 4 rings (SSSR count). The first-order valence-electron chi connectivity index (χ1n) is 11.3. The van der Waals surface area contributed by atoms with Gasteiger partial charge in [0.25, 0.3) is 0 Å². The largest absolute Gasteiger partial charge is 0.343 e. The molecule has 1 aromatic heterocycles. The van der Waals surface area contributed by atoms with Gasteiger partial charge in [0.2, 0.25) is 11.8 Å². The van der Waals surface area contributed by atoms with Crippen LogP contribution in [0, 0.1) is 18.3 Å². The molecule has 1 atom stereocenters. The number of aromatic nitrogens is 2. The molecular formula is C25H29N5O2. The normalized spacial score (nSPS) is 18.8. The molecule has 1 N–H and O–H groups in total. The van der Waals surface area contributed by atoms with Gasteiger partial charge in [-0.1, -0.05) is 12.1 Å². The highest BCUT2D eigenvalue weighted by atomic mass is 16.2. The molecule has 2 aliphatic heterocycles. The number of nitrogens with zero attached hydrogens (tertiary/aromatic N) is 4. The van der Waals surface area contributed by atoms with E-state index in [1.54, 1.807) is 17.2 Å². The van der Waals surface area contributed by atoms with Crippen LogP contribution in [0.3, 0.4) is 0 Å². The highest BCUT2D eigenvalue weighted by molar-refractivity contribution is 6.01. The molecule has 0 radical (unpaired) electrons. The number of carbonyl (C=O) groups excluding carboxylic acids is 2. The third-order valence-corrected chi connectivity index (χ3v) is 6.37. The van der Waals surface area contributed by atoms with Crippen molar-refractivity contribution in [2.24, 2.45) is 5.92 Å². The van der Waals surface area contributed by atoms with Gasteiger partial charge in [-0.15, -0.1) is 17.4 Å². The molecule has 0 spiro atoms. The van der Waals surface area contributed by atoms with Gasteiger partial charge >= 0.3 is 0 Å². The SMILES string of the molecule is C#CCCC(=O)N1CCC(c2ccc(N(C(=O)[C@H]3CCNC3)c3cccnn3)cc2)CC1. The topological polar surface area (TPSA) is 78.4 Å². The van der Waals surface area contributed by atoms with Gasteiger partial charge in [-0.05, 0) is 61.6 Å². The van der Waals surface area contributed by atoms with Gasteiger partial charge < -0.3 is 10.2 Å². The number of hydrogen-bond acceptors (Lipinski definition) is 5. The Hall–Kier alpha value is -3.24. The Morgan fingerprint density at radius 2 is 1.94 bits per heavy atom. The Bertz CT molecular complexity index is 956. The number of likely N-dealkylation sites (tertiary alicyclic amines) is 1. The second-order valence-corrected chi connectivity index (χ2v) is 8.40. The fourth-order valence-electron chi connectivity index (χ4n) is 4.53. The molecule has 3 heterocycles. The predicted molar refractivity (Wildman–Crippen MR) is 123 cm³/mol. The lowest BCUT2D eigenvalue weighted by atomic mass is 9.89. The third kappa shape index (κ3) is 4.97. The van der Waals surface area contributed by atoms with Crippen LogP contribution >= 0.6 is 0 Å². The van der Waals surface area contributed by atoms with Gasteiger partial charge in [-0.3, -0.25) is 14.5 Å². The molecule has 0 bridgehead atoms. The zero-order valence-corrected chi connectivity index (χ0v) is 18.2. The first-order valence-corrected chi connectivity index (χ1v) is 11.3. The Morgan fingerprint density at radius 3 is 2.56 bits per heavy atom. The van der Waals surface area contributed by atoms with Crippen molar-refractivity contribution in [2.75, 3.05) is 31.1 Å². The highest BCUT2D eigenvalue weighted by Crippen LogP contribution is 2.32. The van der Waals surface area contributed by atoms with E-state index in [0.717, 1.165) is 44.6 Å². The van der Waals surface area contributed by atoms with Gasteiger partial charge in [-0.25, -0.2) is 0 Å². The molecular weight excluding hydrogens is 402 g/mol. The molecule has 2 fully saturated rings. The van der Waals surface area contributed by atoms with Gasteiger partial charge in [-0.2, -0.15) is 5.10 Å². The zero-order valence-electron chi connectivity index (χ0n) is 18.2. The Morgan fingerprint density at radius 1 is 1.16 bits per heavy atom. The minimum atomic E-state index is -0.0620. The molecule has 2 saturated heterocycles. The number of piperidine rings is 1. The summed E-state index contributed by atoms with van der Waals surface area (Å²) in [7, 11) is 0. The maximum atomic E-state index is 13.3. The van der Waals surface area contributed by atoms with Crippen LogP contribution < -0.4 is 10.2 Å². The molecule has 2 aliphatic rings. The van der Waals surface area contributed by atoms with Crippen molar-refractivity contribution >= 4 is 23.3 Å². The highest BCUT2D eigenvalue weighted by Gasteiger charge is 2.30. The average Bonchev–Trinajstić information content (AvgIpc) is 3.39. The summed E-state index contributed by atoms with van der Waals surface area (Å²) < 4.78 is 0. The molecule has 0 saturated carbocycles. The Kier molecular flexibility index (Phi) is 7.13. The quantitative estimate of drug-likeness (QED) is 0.712. The fraction of sp³-hybridized carbons (Fsp3) is 0.440. The lowest BCUT2D eigenvalue weighted by molar-refractivity contribution is -0.132. The standard InChI is InChI=1S/C25H29N5O2/c1-2-3-6-24(31)29-16-12-20(13-17-29)19-7-9-22(10-8-19)30(23-5-4-14-27-28-23)25(32)21-11-15-26-18-21/h1,4-5,7-10,14,20-21,26H,3,6,11-13,15-18H2/t21-/m0/s1. The van der Waals surface area contributed by atoms with Crippen LogP contribution in [0.2, 0.25) is 0 Å². The number of terminal acetylenes is 1. The maximum absolute atomic E-state index is 13.3. The van der Waals surface area contributed by atoms with E-state index in [9.17, 15) is 9.59 Å². The Labute approximate surface area is 189 Å². The van der Waals surface area contributed by atoms with Crippen LogP contribution in [0.25, 0.3) is 0 Å². The van der Waals surface area contributed by atoms with E-state index in [1.165, 1.54) is 5.56 Å². The predicted octanol–water partition coefficient (Wildman–Crippen LogP) is 2.87. The number of carbonyl (C=O) groups is 2. The van der Waals surface area contributed by atoms with Crippen molar-refractivity contribution in [1.29, 1.82) is 0 Å². The maximum Gasteiger partial charge on any atom is 0.237 e. The van der Waals surface area contributed by atoms with Crippen LogP contribution in [-0.4, -0.2) is 53.1 Å². The van der Waals surface area contributed by atoms with Crippen LogP contribution in [0.5, 0.6) is 0 Å². The van der Waals surface area contributed by atoms with Gasteiger partial charge in [0.1, 0.15) is 0 Å². The molecule has 1 aromatic carbocycles. The van der Waals surface area contributed by atoms with E-state index in [4.69, 9.17) is 6.42 Å². The summed E-state index contributed by atoms with van der Waals surface area (Å²) >= 11 is 0. The fourth-order valence-corrected chi connectivity index (χ4v) is 4.53. The van der Waals surface area contributed by atoms with Crippen molar-refractivity contribution in [3.05, 3.63) is 48.2 Å². The van der Waals surface area contributed by atoms with Crippen LogP contribution in [0.1, 0.15) is 43.6 Å². The number of anilines is 2. The molecule has 7 nitrogen and oxygen atoms in total. The van der Waals surface area contributed by atoms with E-state index >= 15 is 0 Å². The van der Waals surface area contributed by atoms with Crippen molar-refractivity contribution in [1.82, 2.24) is 20.4 Å². The van der Waals surface area contributed by atoms with E-state index < -0.39 is 0 Å². The first kappa shape index (κ1) is 22.0. The van der Waals surface area contributed by atoms with E-state index in [1.807, 2.05) is 23.1 Å². The lowest BCUT2D eigenvalue weighted by Gasteiger charge is -2.32. The van der Waals surface area contributed by atoms with Gasteiger partial charge in [0.15, 0.2) is 5.82 Å². The summed E-state index contributed by atoms with van der Waals surface area (Å²) in [6.45, 7) is 3.06. The second kappa shape index (κ2) is 10.4. The number of amides is 2. The van der Waals surface area contributed by atoms with Crippen LogP contribution in [-0.2, 0) is 9.59 Å². The monoisotopic (exact) mass is 431 g/mol. The molecule has 7 heteroatoms. The minimum absolute atomic E-state index is 0.0436. The van der Waals surface area contributed by atoms with Crippen molar-refractivity contribution < 1.29 is 9.59 Å². The average molecular weight is 432 g/mol. The molecule has 2 amide bonds. The van der Waals surface area contributed by atoms with Crippen molar-refractivity contribution in [3.8, 4) is 12.3 Å². The van der Waals surface area contributed by atoms with E-state index in [-0.39, 0.29) is 17.7 Å². The summed E-state index contributed by atoms with van der Waals surface area (Å²) in [5, 5.41) is 11.4. The number of rotatable bonds is 6. The van der Waals surface area contributed by atoms with Crippen LogP contribution in [0.4, 0.5) is 11.5 Å². The second-order valence-electron chi connectivity index (χ2n) is 8.40. The number of hydrogen-bond donors (Lipinski definition) is 1. The van der Waals surface area contributed by atoms with Crippen molar-refractivity contribution in [2.45, 2.75) is 38.0 Å². The van der Waals surface area contributed by atoms with Gasteiger partial charge in [0.05, 0.1) is 11.6 Å². The molecule has 0 unspecified atom stereocenters. The van der Waals surface area contributed by atoms with Gasteiger partial charge in [0, 0.05) is 38.7 Å². The van der Waals surface area contributed by atoms with Crippen LogP contribution in [0.15, 0.2) is 42.6 Å². The summed E-state index contributed by atoms with van der Waals surface area (Å²) in [5.74, 6) is 3.61. The molecule has 166 valence electrons. The summed E-state index contributed by atoms with van der Waals surface area (Å²) in [6.07, 6.45) is 10.5. The van der Waals surface area contributed by atoms with E-state index in [0.29, 0.717) is 31.1 Å². The summed E-state index contributed by atoms with van der Waals surface area (Å²) in [5.41, 5.74) is 2.03. The summed E-state index contributed by atoms with van der Waals surface area (Å²) in [6, 6.07) is 11.8. The smallest absolute Gasteiger partial charge is 0.237 e. The molecule has 0 aliphatic carbocycles.